The summed E-state index contributed by atoms with van der Waals surface area (Å²) in [4.78, 5) is 16.7. The van der Waals surface area contributed by atoms with Crippen LogP contribution in [0.3, 0.4) is 0 Å². The van der Waals surface area contributed by atoms with Crippen molar-refractivity contribution in [2.45, 2.75) is 44.7 Å². The van der Waals surface area contributed by atoms with E-state index in [-0.39, 0.29) is 12.4 Å². The minimum Gasteiger partial charge on any atom is -0.341 e. The van der Waals surface area contributed by atoms with E-state index < -0.39 is 0 Å². The van der Waals surface area contributed by atoms with Crippen molar-refractivity contribution in [1.82, 2.24) is 9.80 Å². The van der Waals surface area contributed by atoms with Crippen LogP contribution in [-0.4, -0.2) is 47.4 Å². The number of likely N-dealkylation sites (tertiary alicyclic amines) is 1. The lowest BCUT2D eigenvalue weighted by atomic mass is 10.1. The van der Waals surface area contributed by atoms with Crippen molar-refractivity contribution >= 4 is 24.4 Å². The Morgan fingerprint density at radius 3 is 2.65 bits per heavy atom. The molecule has 2 aliphatic rings. The molecular weight excluding hydrogens is 308 g/mol. The number of hydrogen-bond donors (Lipinski definition) is 0. The van der Waals surface area contributed by atoms with E-state index in [0.717, 1.165) is 26.1 Å². The molecule has 0 radical (unpaired) electrons. The molecular formula is C19H27ClN2O. The van der Waals surface area contributed by atoms with Crippen molar-refractivity contribution in [1.29, 1.82) is 0 Å². The van der Waals surface area contributed by atoms with E-state index >= 15 is 0 Å². The molecule has 0 aliphatic carbocycles. The summed E-state index contributed by atoms with van der Waals surface area (Å²) < 4.78 is 0. The highest BCUT2D eigenvalue weighted by Crippen LogP contribution is 2.30. The first-order valence-corrected chi connectivity index (χ1v) is 8.53. The quantitative estimate of drug-likeness (QED) is 0.840. The van der Waals surface area contributed by atoms with Crippen molar-refractivity contribution in [3.05, 3.63) is 42.0 Å². The first-order chi connectivity index (χ1) is 10.8. The Labute approximate surface area is 145 Å². The van der Waals surface area contributed by atoms with Gasteiger partial charge in [0.15, 0.2) is 0 Å². The van der Waals surface area contributed by atoms with Gasteiger partial charge >= 0.3 is 0 Å². The molecule has 1 aromatic rings. The number of hydrogen-bond acceptors (Lipinski definition) is 2. The molecule has 1 aromatic carbocycles. The van der Waals surface area contributed by atoms with Gasteiger partial charge in [0.25, 0.3) is 0 Å². The lowest BCUT2D eigenvalue weighted by molar-refractivity contribution is -0.131. The highest BCUT2D eigenvalue weighted by molar-refractivity contribution is 5.85. The maximum Gasteiger partial charge on any atom is 0.222 e. The van der Waals surface area contributed by atoms with Gasteiger partial charge in [-0.05, 0) is 24.8 Å². The lowest BCUT2D eigenvalue weighted by Gasteiger charge is -2.27. The Morgan fingerprint density at radius 2 is 1.91 bits per heavy atom. The average molecular weight is 335 g/mol. The number of fused-ring (bicyclic) bond motifs is 2. The summed E-state index contributed by atoms with van der Waals surface area (Å²) in [7, 11) is 0. The molecule has 2 bridgehead atoms. The van der Waals surface area contributed by atoms with Crippen molar-refractivity contribution in [2.24, 2.45) is 0 Å². The van der Waals surface area contributed by atoms with Gasteiger partial charge in [-0.15, -0.1) is 12.4 Å². The molecule has 2 aliphatic heterocycles. The first kappa shape index (κ1) is 18.0. The van der Waals surface area contributed by atoms with Gasteiger partial charge in [-0.2, -0.15) is 0 Å². The normalized spacial score (nSPS) is 24.5. The summed E-state index contributed by atoms with van der Waals surface area (Å²) in [5.74, 6) is 0.312. The smallest absolute Gasteiger partial charge is 0.222 e. The number of carbonyl (C=O) groups excluding carboxylic acids is 1. The Bertz CT molecular complexity index is 531. The van der Waals surface area contributed by atoms with Crippen LogP contribution in [0, 0.1) is 0 Å². The highest BCUT2D eigenvalue weighted by Gasteiger charge is 2.37. The maximum atomic E-state index is 12.0. The zero-order valence-electron chi connectivity index (χ0n) is 13.9. The standard InChI is InChI=1S/C19H26N2O.ClH/c1-2-19(22)20-14-12-17-10-11-18(15-20)21(17)13-6-9-16-7-4-3-5-8-16;/h3-9,17-18H,2,10-15H2,1H3;1H. The van der Waals surface area contributed by atoms with Crippen molar-refractivity contribution in [3.8, 4) is 0 Å². The Balaban J connectivity index is 0.00000192. The Hall–Kier alpha value is -1.32. The summed E-state index contributed by atoms with van der Waals surface area (Å²) in [6, 6.07) is 11.7. The summed E-state index contributed by atoms with van der Waals surface area (Å²) >= 11 is 0. The molecule has 0 N–H and O–H groups in total. The van der Waals surface area contributed by atoms with Crippen LogP contribution in [0.2, 0.25) is 0 Å². The molecule has 126 valence electrons. The second kappa shape index (κ2) is 8.51. The van der Waals surface area contributed by atoms with E-state index in [2.05, 4.69) is 46.2 Å². The Morgan fingerprint density at radius 1 is 1.17 bits per heavy atom. The monoisotopic (exact) mass is 334 g/mol. The number of carbonyl (C=O) groups is 1. The number of rotatable bonds is 4. The van der Waals surface area contributed by atoms with Crippen LogP contribution in [0.4, 0.5) is 0 Å². The van der Waals surface area contributed by atoms with E-state index in [1.807, 2.05) is 13.0 Å². The molecule has 2 unspecified atom stereocenters. The molecule has 1 amide bonds. The van der Waals surface area contributed by atoms with Gasteiger partial charge in [-0.3, -0.25) is 9.69 Å². The number of amides is 1. The predicted octanol–water partition coefficient (Wildman–Crippen LogP) is 3.60. The summed E-state index contributed by atoms with van der Waals surface area (Å²) in [6.07, 6.45) is 8.76. The number of halogens is 1. The van der Waals surface area contributed by atoms with Gasteiger partial charge < -0.3 is 4.90 Å². The highest BCUT2D eigenvalue weighted by atomic mass is 35.5. The van der Waals surface area contributed by atoms with E-state index in [9.17, 15) is 4.79 Å². The molecule has 2 saturated heterocycles. The van der Waals surface area contributed by atoms with E-state index in [0.29, 0.717) is 24.4 Å². The van der Waals surface area contributed by atoms with E-state index in [4.69, 9.17) is 0 Å². The number of benzene rings is 1. The second-order valence-corrected chi connectivity index (χ2v) is 6.38. The van der Waals surface area contributed by atoms with Gasteiger partial charge in [0.1, 0.15) is 0 Å². The minimum absolute atomic E-state index is 0. The average Bonchev–Trinajstić information content (AvgIpc) is 2.82. The second-order valence-electron chi connectivity index (χ2n) is 6.38. The predicted molar refractivity (Wildman–Crippen MR) is 97.7 cm³/mol. The fraction of sp³-hybridized carbons (Fsp3) is 0.526. The van der Waals surface area contributed by atoms with E-state index in [1.54, 1.807) is 0 Å². The third-order valence-corrected chi connectivity index (χ3v) is 5.02. The third kappa shape index (κ3) is 4.36. The first-order valence-electron chi connectivity index (χ1n) is 8.53. The third-order valence-electron chi connectivity index (χ3n) is 5.02. The lowest BCUT2D eigenvalue weighted by Crippen LogP contribution is -2.41. The van der Waals surface area contributed by atoms with Crippen LogP contribution in [0.15, 0.2) is 36.4 Å². The molecule has 2 fully saturated rings. The van der Waals surface area contributed by atoms with Gasteiger partial charge in [0.2, 0.25) is 5.91 Å². The fourth-order valence-electron chi connectivity index (χ4n) is 3.79. The summed E-state index contributed by atoms with van der Waals surface area (Å²) in [5.41, 5.74) is 1.26. The zero-order chi connectivity index (χ0) is 15.4. The van der Waals surface area contributed by atoms with Crippen molar-refractivity contribution in [3.63, 3.8) is 0 Å². The van der Waals surface area contributed by atoms with Crippen molar-refractivity contribution in [2.75, 3.05) is 19.6 Å². The van der Waals surface area contributed by atoms with Crippen LogP contribution in [-0.2, 0) is 4.79 Å². The SMILES string of the molecule is CCC(=O)N1CCC2CCC(C1)N2CC=Cc1ccccc1.Cl. The number of nitrogens with zero attached hydrogens (tertiary/aromatic N) is 2. The zero-order valence-corrected chi connectivity index (χ0v) is 14.7. The summed E-state index contributed by atoms with van der Waals surface area (Å²) in [6.45, 7) is 4.82. The van der Waals surface area contributed by atoms with Crippen LogP contribution in [0.1, 0.15) is 38.2 Å². The maximum absolute atomic E-state index is 12.0. The van der Waals surface area contributed by atoms with Crippen LogP contribution in [0.5, 0.6) is 0 Å². The largest absolute Gasteiger partial charge is 0.341 e. The molecule has 0 saturated carbocycles. The molecule has 3 nitrogen and oxygen atoms in total. The van der Waals surface area contributed by atoms with Crippen LogP contribution < -0.4 is 0 Å². The van der Waals surface area contributed by atoms with E-state index in [1.165, 1.54) is 18.4 Å². The fourth-order valence-corrected chi connectivity index (χ4v) is 3.79. The van der Waals surface area contributed by atoms with Gasteiger partial charge in [-0.25, -0.2) is 0 Å². The van der Waals surface area contributed by atoms with Gasteiger partial charge in [-0.1, -0.05) is 49.4 Å². The summed E-state index contributed by atoms with van der Waals surface area (Å²) in [5, 5.41) is 0. The molecule has 2 heterocycles. The van der Waals surface area contributed by atoms with Crippen molar-refractivity contribution < 1.29 is 4.79 Å². The minimum atomic E-state index is 0. The molecule has 23 heavy (non-hydrogen) atoms. The molecule has 4 heteroatoms. The van der Waals surface area contributed by atoms with Crippen LogP contribution >= 0.6 is 12.4 Å². The molecule has 0 spiro atoms. The molecule has 0 aromatic heterocycles. The Kier molecular flexibility index (Phi) is 6.67. The molecule has 3 rings (SSSR count). The molecule has 2 atom stereocenters. The van der Waals surface area contributed by atoms with Gasteiger partial charge in [0.05, 0.1) is 0 Å². The van der Waals surface area contributed by atoms with Crippen LogP contribution in [0.25, 0.3) is 6.08 Å². The topological polar surface area (TPSA) is 23.6 Å². The van der Waals surface area contributed by atoms with Gasteiger partial charge in [0, 0.05) is 38.1 Å².